The van der Waals surface area contributed by atoms with Crippen molar-refractivity contribution in [1.82, 2.24) is 0 Å². The highest BCUT2D eigenvalue weighted by molar-refractivity contribution is 6.55. The van der Waals surface area contributed by atoms with Gasteiger partial charge in [-0.05, 0) is 0 Å². The number of aliphatic carboxylic acids is 1. The molecule has 0 aliphatic heterocycles. The van der Waals surface area contributed by atoms with E-state index in [2.05, 4.69) is 6.58 Å². The lowest BCUT2D eigenvalue weighted by Crippen LogP contribution is -2.46. The average Bonchev–Trinajstić information content (AvgIpc) is 2.73. The van der Waals surface area contributed by atoms with Crippen LogP contribution in [0.5, 0.6) is 5.75 Å². The van der Waals surface area contributed by atoms with E-state index in [0.717, 1.165) is 6.08 Å². The van der Waals surface area contributed by atoms with E-state index >= 15 is 0 Å². The Hall–Kier alpha value is -0.560. The summed E-state index contributed by atoms with van der Waals surface area (Å²) in [6, 6.07) is 0. The summed E-state index contributed by atoms with van der Waals surface area (Å²) in [4.78, 5) is 9.25. The Labute approximate surface area is 190 Å². The van der Waals surface area contributed by atoms with Crippen LogP contribution in [0.25, 0.3) is 0 Å². The number of hydrogen-bond donors (Lipinski definition) is 8. The van der Waals surface area contributed by atoms with Crippen molar-refractivity contribution in [2.24, 2.45) is 0 Å². The van der Waals surface area contributed by atoms with E-state index in [1.54, 1.807) is 0 Å². The minimum absolute atomic E-state index is 0.00904. The number of carbonyl (C=O) groups is 1. The second kappa shape index (κ2) is 15.3. The molecule has 0 fully saturated rings. The third-order valence-corrected chi connectivity index (χ3v) is 5.13. The number of carboxylic acid groups (broad SMARTS) is 1. The molecule has 168 valence electrons. The van der Waals surface area contributed by atoms with Crippen molar-refractivity contribution < 1.29 is 45.6 Å². The third-order valence-electron chi connectivity index (χ3n) is 2.87. The fraction of sp³-hybridized carbons (Fsp3) is 0.400. The van der Waals surface area contributed by atoms with Crippen LogP contribution in [0.1, 0.15) is 0 Å². The van der Waals surface area contributed by atoms with Crippen molar-refractivity contribution in [1.29, 1.82) is 0 Å². The Morgan fingerprint density at radius 3 is 1.24 bits per heavy atom. The number of phenols is 1. The molecule has 1 aromatic carbocycles. The summed E-state index contributed by atoms with van der Waals surface area (Å²) in [5.74, 6) is -1.34. The average molecular weight is 521 g/mol. The highest BCUT2D eigenvalue weighted by Crippen LogP contribution is 2.47. The number of aliphatic hydroxyl groups excluding tert-OH is 6. The van der Waals surface area contributed by atoms with Crippen molar-refractivity contribution in [3.8, 4) is 5.75 Å². The molecule has 8 N–H and O–H groups in total. The van der Waals surface area contributed by atoms with Gasteiger partial charge in [0.1, 0.15) is 34.5 Å². The van der Waals surface area contributed by atoms with E-state index < -0.39 is 43.6 Å². The van der Waals surface area contributed by atoms with Crippen molar-refractivity contribution in [2.45, 2.75) is 24.4 Å². The maximum Gasteiger partial charge on any atom is 0.327 e. The summed E-state index contributed by atoms with van der Waals surface area (Å²) in [5.41, 5.74) is 0. The standard InChI is InChI=1S/C6HCl5O.C6H14O6.C3H4O2/c7-1-2(8)4(10)6(12)5(11)3(1)9;7-1-3(9)5(11)6(12)4(10)2-8;1-2-3(4)5/h12H;3-12H,1-2H2;2H,1H2,(H,4,5)/t;3-,4+,5-,6-;/m.1./s1. The summed E-state index contributed by atoms with van der Waals surface area (Å²) in [6.45, 7) is 1.51. The predicted molar refractivity (Wildman–Crippen MR) is 109 cm³/mol. The quantitative estimate of drug-likeness (QED) is 0.156. The number of benzene rings is 1. The number of phenolic OH excluding ortho intramolecular Hbond substituents is 1. The number of aliphatic hydroxyl groups is 6. The highest BCUT2D eigenvalue weighted by Gasteiger charge is 2.29. The minimum atomic E-state index is -1.67. The molecule has 0 aromatic heterocycles. The maximum atomic E-state index is 9.25. The molecule has 0 bridgehead atoms. The Balaban J connectivity index is 0. The van der Waals surface area contributed by atoms with Gasteiger partial charge in [-0.3, -0.25) is 0 Å². The molecule has 1 rings (SSSR count). The normalized spacial score (nSPS) is 14.3. The first-order valence-electron chi connectivity index (χ1n) is 7.27. The monoisotopic (exact) mass is 518 g/mol. The Morgan fingerprint density at radius 2 is 1.03 bits per heavy atom. The van der Waals surface area contributed by atoms with Gasteiger partial charge in [0.2, 0.25) is 0 Å². The van der Waals surface area contributed by atoms with Crippen LogP contribution in [0.4, 0.5) is 0 Å². The van der Waals surface area contributed by atoms with E-state index in [-0.39, 0.29) is 30.9 Å². The molecule has 0 heterocycles. The van der Waals surface area contributed by atoms with Crippen molar-refractivity contribution >= 4 is 64.0 Å². The Bertz CT molecular complexity index is 555. The largest absolute Gasteiger partial charge is 0.505 e. The molecule has 4 atom stereocenters. The molecule has 14 heteroatoms. The van der Waals surface area contributed by atoms with Gasteiger partial charge < -0.3 is 40.9 Å². The van der Waals surface area contributed by atoms with Gasteiger partial charge >= 0.3 is 5.97 Å². The first kappa shape index (κ1) is 30.6. The SMILES string of the molecule is C=CC(=O)O.OC[C@@H](O)[C@@H](O)[C@H](O)[C@@H](O)CO.Oc1c(Cl)c(Cl)c(Cl)c(Cl)c1Cl. The molecule has 0 aliphatic carbocycles. The maximum absolute atomic E-state index is 9.25. The molecule has 29 heavy (non-hydrogen) atoms. The van der Waals surface area contributed by atoms with Crippen LogP contribution >= 0.6 is 58.0 Å². The first-order chi connectivity index (χ1) is 13.3. The number of carboxylic acids is 1. The van der Waals surface area contributed by atoms with E-state index in [1.807, 2.05) is 0 Å². The van der Waals surface area contributed by atoms with E-state index in [9.17, 15) is 9.90 Å². The van der Waals surface area contributed by atoms with Crippen molar-refractivity contribution in [3.05, 3.63) is 37.8 Å². The summed E-state index contributed by atoms with van der Waals surface area (Å²) in [5, 5.41) is 68.8. The second-order valence-electron chi connectivity index (χ2n) is 4.94. The van der Waals surface area contributed by atoms with Crippen molar-refractivity contribution in [3.63, 3.8) is 0 Å². The molecule has 0 radical (unpaired) electrons. The predicted octanol–water partition coefficient (Wildman–Crippen LogP) is 1.33. The molecule has 1 aromatic rings. The van der Waals surface area contributed by atoms with Crippen LogP contribution in [0.15, 0.2) is 12.7 Å². The molecule has 0 saturated carbocycles. The highest BCUT2D eigenvalue weighted by atomic mass is 35.5. The Kier molecular flexibility index (Phi) is 16.1. The van der Waals surface area contributed by atoms with Gasteiger partial charge in [-0.25, -0.2) is 4.79 Å². The van der Waals surface area contributed by atoms with Crippen LogP contribution in [-0.2, 0) is 4.79 Å². The molecule has 0 amide bonds. The van der Waals surface area contributed by atoms with Crippen molar-refractivity contribution in [2.75, 3.05) is 13.2 Å². The lowest BCUT2D eigenvalue weighted by atomic mass is 10.0. The van der Waals surface area contributed by atoms with Gasteiger partial charge in [0, 0.05) is 6.08 Å². The fourth-order valence-electron chi connectivity index (χ4n) is 1.26. The van der Waals surface area contributed by atoms with Gasteiger partial charge in [0.05, 0.1) is 28.3 Å². The third kappa shape index (κ3) is 10.3. The summed E-state index contributed by atoms with van der Waals surface area (Å²) < 4.78 is 0. The van der Waals surface area contributed by atoms with Gasteiger partial charge in [-0.15, -0.1) is 0 Å². The van der Waals surface area contributed by atoms with E-state index in [4.69, 9.17) is 93.8 Å². The summed E-state index contributed by atoms with van der Waals surface area (Å²) in [7, 11) is 0. The van der Waals surface area contributed by atoms with Crippen LogP contribution in [0.2, 0.25) is 25.1 Å². The lowest BCUT2D eigenvalue weighted by Gasteiger charge is -2.24. The number of rotatable bonds is 6. The van der Waals surface area contributed by atoms with E-state index in [1.165, 1.54) is 0 Å². The van der Waals surface area contributed by atoms with Gasteiger partial charge in [-0.2, -0.15) is 0 Å². The Morgan fingerprint density at radius 1 is 0.793 bits per heavy atom. The topological polar surface area (TPSA) is 179 Å². The molecule has 9 nitrogen and oxygen atoms in total. The van der Waals surface area contributed by atoms with Gasteiger partial charge in [0.15, 0.2) is 5.75 Å². The summed E-state index contributed by atoms with van der Waals surface area (Å²) >= 11 is 27.9. The smallest absolute Gasteiger partial charge is 0.327 e. The van der Waals surface area contributed by atoms with Gasteiger partial charge in [0.25, 0.3) is 0 Å². The lowest BCUT2D eigenvalue weighted by molar-refractivity contribution is -0.131. The van der Waals surface area contributed by atoms with Crippen LogP contribution in [-0.4, -0.2) is 84.5 Å². The number of halogens is 5. The van der Waals surface area contributed by atoms with Gasteiger partial charge in [-0.1, -0.05) is 64.6 Å². The number of hydrogen-bond acceptors (Lipinski definition) is 8. The molecule has 0 unspecified atom stereocenters. The van der Waals surface area contributed by atoms with E-state index in [0.29, 0.717) is 0 Å². The minimum Gasteiger partial charge on any atom is -0.505 e. The molecule has 0 aliphatic rings. The van der Waals surface area contributed by atoms with Crippen LogP contribution in [0, 0.1) is 0 Å². The molecular weight excluding hydrogens is 501 g/mol. The zero-order chi connectivity index (χ0) is 23.5. The molecule has 0 spiro atoms. The fourth-order valence-corrected chi connectivity index (χ4v) is 2.39. The zero-order valence-electron chi connectivity index (χ0n) is 14.4. The first-order valence-corrected chi connectivity index (χ1v) is 9.16. The zero-order valence-corrected chi connectivity index (χ0v) is 18.2. The molecular formula is C15H19Cl5O9. The van der Waals surface area contributed by atoms with Crippen LogP contribution in [0.3, 0.4) is 0 Å². The number of aromatic hydroxyl groups is 1. The summed E-state index contributed by atoms with van der Waals surface area (Å²) in [6.07, 6.45) is -5.56. The molecule has 0 saturated heterocycles. The second-order valence-corrected chi connectivity index (χ2v) is 6.83. The van der Waals surface area contributed by atoms with Crippen LogP contribution < -0.4 is 0 Å².